The molecule has 1 aliphatic heterocycles. The van der Waals surface area contributed by atoms with Gasteiger partial charge in [0.2, 0.25) is 0 Å². The third-order valence-corrected chi connectivity index (χ3v) is 4.31. The molecule has 1 aromatic carbocycles. The molecular formula is C15H10N2O3S2. The van der Waals surface area contributed by atoms with E-state index in [9.17, 15) is 9.59 Å². The SMILES string of the molecule is O=C1NC(=S)NC1=Cc1ccc(-c2cccc(C(=O)O)c2)s1. The van der Waals surface area contributed by atoms with Crippen LogP contribution in [0.5, 0.6) is 0 Å². The summed E-state index contributed by atoms with van der Waals surface area (Å²) in [5.74, 6) is -1.21. The maximum Gasteiger partial charge on any atom is 0.335 e. The first-order valence-corrected chi connectivity index (χ1v) is 7.53. The zero-order valence-electron chi connectivity index (χ0n) is 11.1. The minimum Gasteiger partial charge on any atom is -0.478 e. The summed E-state index contributed by atoms with van der Waals surface area (Å²) in [6, 6.07) is 10.5. The molecule has 1 saturated heterocycles. The lowest BCUT2D eigenvalue weighted by Gasteiger charge is -1.99. The van der Waals surface area contributed by atoms with E-state index in [1.54, 1.807) is 24.3 Å². The van der Waals surface area contributed by atoms with Crippen molar-refractivity contribution in [3.63, 3.8) is 0 Å². The van der Waals surface area contributed by atoms with Gasteiger partial charge in [-0.05, 0) is 48.1 Å². The molecule has 0 saturated carbocycles. The first-order valence-electron chi connectivity index (χ1n) is 6.30. The third kappa shape index (κ3) is 2.90. The van der Waals surface area contributed by atoms with Gasteiger partial charge in [0.15, 0.2) is 5.11 Å². The molecule has 0 radical (unpaired) electrons. The van der Waals surface area contributed by atoms with Crippen LogP contribution in [0.1, 0.15) is 15.2 Å². The maximum absolute atomic E-state index is 11.6. The van der Waals surface area contributed by atoms with Crippen molar-refractivity contribution in [1.82, 2.24) is 10.6 Å². The molecular weight excluding hydrogens is 320 g/mol. The molecule has 7 heteroatoms. The molecule has 1 aromatic heterocycles. The Labute approximate surface area is 135 Å². The van der Waals surface area contributed by atoms with Crippen molar-refractivity contribution in [2.45, 2.75) is 0 Å². The molecule has 0 bridgehead atoms. The molecule has 110 valence electrons. The van der Waals surface area contributed by atoms with Gasteiger partial charge in [-0.2, -0.15) is 0 Å². The van der Waals surface area contributed by atoms with Crippen molar-refractivity contribution in [3.05, 3.63) is 52.5 Å². The molecule has 5 nitrogen and oxygen atoms in total. The molecule has 0 aliphatic carbocycles. The number of aromatic carboxylic acids is 1. The van der Waals surface area contributed by atoms with Gasteiger partial charge >= 0.3 is 5.97 Å². The van der Waals surface area contributed by atoms with Gasteiger partial charge in [0.1, 0.15) is 5.70 Å². The standard InChI is InChI=1S/C15H10N2O3S2/c18-13-11(16-15(21)17-13)7-10-4-5-12(22-10)8-2-1-3-9(6-8)14(19)20/h1-7H,(H,19,20)(H2,16,17,18,21). The number of carboxylic acid groups (broad SMARTS) is 1. The number of benzene rings is 1. The van der Waals surface area contributed by atoms with E-state index in [0.717, 1.165) is 15.3 Å². The highest BCUT2D eigenvalue weighted by Crippen LogP contribution is 2.30. The first kappa shape index (κ1) is 14.4. The highest BCUT2D eigenvalue weighted by molar-refractivity contribution is 7.80. The Kier molecular flexibility index (Phi) is 3.74. The van der Waals surface area contributed by atoms with E-state index in [1.807, 2.05) is 18.2 Å². The number of carbonyl (C=O) groups is 2. The molecule has 3 N–H and O–H groups in total. The fourth-order valence-electron chi connectivity index (χ4n) is 2.02. The van der Waals surface area contributed by atoms with Crippen LogP contribution in [0.2, 0.25) is 0 Å². The maximum atomic E-state index is 11.6. The van der Waals surface area contributed by atoms with Crippen LogP contribution in [0.4, 0.5) is 0 Å². The Morgan fingerprint density at radius 3 is 2.73 bits per heavy atom. The van der Waals surface area contributed by atoms with Gasteiger partial charge in [-0.3, -0.25) is 10.1 Å². The predicted molar refractivity (Wildman–Crippen MR) is 88.6 cm³/mol. The lowest BCUT2D eigenvalue weighted by Crippen LogP contribution is -2.21. The second kappa shape index (κ2) is 5.70. The number of carbonyl (C=O) groups excluding carboxylic acids is 1. The van der Waals surface area contributed by atoms with Crippen LogP contribution in [-0.4, -0.2) is 22.1 Å². The van der Waals surface area contributed by atoms with E-state index in [-0.39, 0.29) is 11.5 Å². The number of rotatable bonds is 3. The summed E-state index contributed by atoms with van der Waals surface area (Å²) in [5.41, 5.74) is 1.47. The van der Waals surface area contributed by atoms with E-state index < -0.39 is 5.97 Å². The van der Waals surface area contributed by atoms with Gasteiger partial charge in [0.25, 0.3) is 5.91 Å². The van der Waals surface area contributed by atoms with Crippen LogP contribution < -0.4 is 10.6 Å². The largest absolute Gasteiger partial charge is 0.478 e. The number of hydrogen-bond donors (Lipinski definition) is 3. The Morgan fingerprint density at radius 2 is 2.05 bits per heavy atom. The summed E-state index contributed by atoms with van der Waals surface area (Å²) in [6.07, 6.45) is 1.71. The van der Waals surface area contributed by atoms with Crippen molar-refractivity contribution in [2.75, 3.05) is 0 Å². The van der Waals surface area contributed by atoms with E-state index in [1.165, 1.54) is 11.3 Å². The van der Waals surface area contributed by atoms with Crippen molar-refractivity contribution in [3.8, 4) is 10.4 Å². The molecule has 0 atom stereocenters. The van der Waals surface area contributed by atoms with Crippen LogP contribution in [0.25, 0.3) is 16.5 Å². The number of nitrogens with one attached hydrogen (secondary N) is 2. The molecule has 2 aromatic rings. The van der Waals surface area contributed by atoms with E-state index >= 15 is 0 Å². The molecule has 0 unspecified atom stereocenters. The Morgan fingerprint density at radius 1 is 1.23 bits per heavy atom. The topological polar surface area (TPSA) is 78.4 Å². The second-order valence-corrected chi connectivity index (χ2v) is 6.08. The normalized spacial score (nSPS) is 15.7. The van der Waals surface area contributed by atoms with Gasteiger partial charge in [0, 0.05) is 9.75 Å². The van der Waals surface area contributed by atoms with Crippen molar-refractivity contribution >= 4 is 46.6 Å². The lowest BCUT2D eigenvalue weighted by molar-refractivity contribution is -0.115. The van der Waals surface area contributed by atoms with Crippen LogP contribution >= 0.6 is 23.6 Å². The van der Waals surface area contributed by atoms with Crippen LogP contribution in [0.15, 0.2) is 42.1 Å². The zero-order valence-corrected chi connectivity index (χ0v) is 12.8. The van der Waals surface area contributed by atoms with Gasteiger partial charge in [-0.25, -0.2) is 4.79 Å². The summed E-state index contributed by atoms with van der Waals surface area (Å²) in [4.78, 5) is 24.4. The van der Waals surface area contributed by atoms with Crippen molar-refractivity contribution in [1.29, 1.82) is 0 Å². The lowest BCUT2D eigenvalue weighted by atomic mass is 10.1. The number of thiophene rings is 1. The molecule has 22 heavy (non-hydrogen) atoms. The summed E-state index contributed by atoms with van der Waals surface area (Å²) in [5, 5.41) is 14.6. The summed E-state index contributed by atoms with van der Waals surface area (Å²) >= 11 is 6.34. The summed E-state index contributed by atoms with van der Waals surface area (Å²) in [6.45, 7) is 0. The highest BCUT2D eigenvalue weighted by atomic mass is 32.1. The molecule has 1 fully saturated rings. The zero-order chi connectivity index (χ0) is 15.7. The number of hydrogen-bond acceptors (Lipinski definition) is 4. The number of amides is 1. The molecule has 1 aliphatic rings. The summed E-state index contributed by atoms with van der Waals surface area (Å²) in [7, 11) is 0. The fraction of sp³-hybridized carbons (Fsp3) is 0. The molecule has 2 heterocycles. The van der Waals surface area contributed by atoms with E-state index in [0.29, 0.717) is 10.8 Å². The number of thiocarbonyl (C=S) groups is 1. The van der Waals surface area contributed by atoms with Crippen LogP contribution in [-0.2, 0) is 4.79 Å². The van der Waals surface area contributed by atoms with Crippen LogP contribution in [0, 0.1) is 0 Å². The quantitative estimate of drug-likeness (QED) is 0.595. The fourth-order valence-corrected chi connectivity index (χ4v) is 3.17. The third-order valence-electron chi connectivity index (χ3n) is 3.03. The Balaban J connectivity index is 1.90. The molecule has 0 spiro atoms. The Hall–Kier alpha value is -2.51. The summed E-state index contributed by atoms with van der Waals surface area (Å²) < 4.78 is 0. The monoisotopic (exact) mass is 330 g/mol. The van der Waals surface area contributed by atoms with E-state index in [2.05, 4.69) is 10.6 Å². The smallest absolute Gasteiger partial charge is 0.335 e. The van der Waals surface area contributed by atoms with Crippen molar-refractivity contribution in [2.24, 2.45) is 0 Å². The average molecular weight is 330 g/mol. The average Bonchev–Trinajstić information content (AvgIpc) is 3.06. The van der Waals surface area contributed by atoms with Crippen molar-refractivity contribution < 1.29 is 14.7 Å². The minimum atomic E-state index is -0.957. The van der Waals surface area contributed by atoms with Crippen LogP contribution in [0.3, 0.4) is 0 Å². The minimum absolute atomic E-state index is 0.244. The number of carboxylic acids is 1. The Bertz CT molecular complexity index is 824. The van der Waals surface area contributed by atoms with E-state index in [4.69, 9.17) is 17.3 Å². The first-order chi connectivity index (χ1) is 10.5. The van der Waals surface area contributed by atoms with Gasteiger partial charge in [-0.1, -0.05) is 12.1 Å². The predicted octanol–water partition coefficient (Wildman–Crippen LogP) is 2.46. The highest BCUT2D eigenvalue weighted by Gasteiger charge is 2.20. The van der Waals surface area contributed by atoms with Gasteiger partial charge < -0.3 is 10.4 Å². The molecule has 3 rings (SSSR count). The second-order valence-electron chi connectivity index (χ2n) is 4.55. The van der Waals surface area contributed by atoms with Gasteiger partial charge in [0.05, 0.1) is 5.56 Å². The van der Waals surface area contributed by atoms with Gasteiger partial charge in [-0.15, -0.1) is 11.3 Å². The molecule has 1 amide bonds.